The standard InChI is InChI=1S/C9H15N3O/c1-9(2,3)8-12-11-7(13-8)6-4-10-5-6/h6,10H,4-5H2,1-3H3. The molecule has 0 aliphatic carbocycles. The Balaban J connectivity index is 2.17. The number of rotatable bonds is 1. The van der Waals surface area contributed by atoms with Crippen LogP contribution >= 0.6 is 0 Å². The van der Waals surface area contributed by atoms with Crippen molar-refractivity contribution in [2.45, 2.75) is 32.1 Å². The summed E-state index contributed by atoms with van der Waals surface area (Å²) in [4.78, 5) is 0. The molecule has 1 fully saturated rings. The molecule has 0 aromatic carbocycles. The minimum atomic E-state index is -0.0393. The number of nitrogens with zero attached hydrogens (tertiary/aromatic N) is 2. The minimum absolute atomic E-state index is 0.0393. The molecule has 1 saturated heterocycles. The van der Waals surface area contributed by atoms with Crippen molar-refractivity contribution in [3.8, 4) is 0 Å². The molecule has 0 unspecified atom stereocenters. The first kappa shape index (κ1) is 8.69. The molecule has 2 rings (SSSR count). The smallest absolute Gasteiger partial charge is 0.222 e. The first-order valence-corrected chi connectivity index (χ1v) is 4.62. The average Bonchev–Trinajstić information content (AvgIpc) is 2.29. The first-order valence-electron chi connectivity index (χ1n) is 4.62. The number of nitrogens with one attached hydrogen (secondary N) is 1. The normalized spacial score (nSPS) is 18.7. The molecule has 4 heteroatoms. The molecule has 72 valence electrons. The van der Waals surface area contributed by atoms with Crippen LogP contribution in [-0.4, -0.2) is 23.3 Å². The van der Waals surface area contributed by atoms with Crippen LogP contribution in [0.2, 0.25) is 0 Å². The van der Waals surface area contributed by atoms with E-state index >= 15 is 0 Å². The Kier molecular flexibility index (Phi) is 1.87. The molecule has 2 heterocycles. The molecule has 0 bridgehead atoms. The van der Waals surface area contributed by atoms with Gasteiger partial charge < -0.3 is 9.73 Å². The van der Waals surface area contributed by atoms with Gasteiger partial charge >= 0.3 is 0 Å². The zero-order valence-electron chi connectivity index (χ0n) is 8.29. The lowest BCUT2D eigenvalue weighted by Gasteiger charge is -2.23. The van der Waals surface area contributed by atoms with Crippen LogP contribution in [-0.2, 0) is 5.41 Å². The summed E-state index contributed by atoms with van der Waals surface area (Å²) in [5, 5.41) is 11.3. The van der Waals surface area contributed by atoms with Crippen molar-refractivity contribution in [2.24, 2.45) is 0 Å². The average molecular weight is 181 g/mol. The van der Waals surface area contributed by atoms with Crippen LogP contribution in [0.3, 0.4) is 0 Å². The second kappa shape index (κ2) is 2.80. The molecular weight excluding hydrogens is 166 g/mol. The van der Waals surface area contributed by atoms with Gasteiger partial charge in [-0.15, -0.1) is 10.2 Å². The summed E-state index contributed by atoms with van der Waals surface area (Å²) in [7, 11) is 0. The van der Waals surface area contributed by atoms with Gasteiger partial charge in [-0.1, -0.05) is 20.8 Å². The first-order chi connectivity index (χ1) is 6.07. The third-order valence-corrected chi connectivity index (χ3v) is 2.21. The van der Waals surface area contributed by atoms with Crippen molar-refractivity contribution < 1.29 is 4.42 Å². The quantitative estimate of drug-likeness (QED) is 0.703. The van der Waals surface area contributed by atoms with E-state index in [0.29, 0.717) is 5.92 Å². The van der Waals surface area contributed by atoms with Crippen molar-refractivity contribution in [2.75, 3.05) is 13.1 Å². The highest BCUT2D eigenvalue weighted by molar-refractivity contribution is 5.02. The van der Waals surface area contributed by atoms with E-state index in [1.807, 2.05) is 0 Å². The monoisotopic (exact) mass is 181 g/mol. The molecular formula is C9H15N3O. The SMILES string of the molecule is CC(C)(C)c1nnc(C2CNC2)o1. The van der Waals surface area contributed by atoms with Gasteiger partial charge in [-0.2, -0.15) is 0 Å². The van der Waals surface area contributed by atoms with E-state index in [0.717, 1.165) is 24.9 Å². The van der Waals surface area contributed by atoms with E-state index in [9.17, 15) is 0 Å². The Morgan fingerprint density at radius 1 is 1.31 bits per heavy atom. The van der Waals surface area contributed by atoms with Gasteiger partial charge in [0.2, 0.25) is 11.8 Å². The van der Waals surface area contributed by atoms with Gasteiger partial charge in [-0.3, -0.25) is 0 Å². The largest absolute Gasteiger partial charge is 0.424 e. The molecule has 0 spiro atoms. The molecule has 1 aliphatic rings. The summed E-state index contributed by atoms with van der Waals surface area (Å²) >= 11 is 0. The van der Waals surface area contributed by atoms with Crippen molar-refractivity contribution in [1.29, 1.82) is 0 Å². The summed E-state index contributed by atoms with van der Waals surface area (Å²) in [5.74, 6) is 1.95. The summed E-state index contributed by atoms with van der Waals surface area (Å²) < 4.78 is 5.59. The third kappa shape index (κ3) is 1.58. The highest BCUT2D eigenvalue weighted by atomic mass is 16.4. The Morgan fingerprint density at radius 3 is 2.38 bits per heavy atom. The summed E-state index contributed by atoms with van der Waals surface area (Å²) in [6.45, 7) is 8.15. The molecule has 0 atom stereocenters. The maximum Gasteiger partial charge on any atom is 0.222 e. The molecule has 13 heavy (non-hydrogen) atoms. The lowest BCUT2D eigenvalue weighted by atomic mass is 9.97. The molecule has 0 radical (unpaired) electrons. The fourth-order valence-corrected chi connectivity index (χ4v) is 1.17. The minimum Gasteiger partial charge on any atom is -0.424 e. The van der Waals surface area contributed by atoms with Crippen molar-refractivity contribution in [1.82, 2.24) is 15.5 Å². The van der Waals surface area contributed by atoms with Gasteiger partial charge in [-0.05, 0) is 0 Å². The van der Waals surface area contributed by atoms with Crippen LogP contribution in [0.15, 0.2) is 4.42 Å². The fourth-order valence-electron chi connectivity index (χ4n) is 1.17. The molecule has 0 amide bonds. The number of hydrogen-bond donors (Lipinski definition) is 1. The molecule has 0 saturated carbocycles. The van der Waals surface area contributed by atoms with Crippen LogP contribution in [0.1, 0.15) is 38.5 Å². The number of hydrogen-bond acceptors (Lipinski definition) is 4. The van der Waals surface area contributed by atoms with E-state index in [2.05, 4.69) is 36.3 Å². The molecule has 1 N–H and O–H groups in total. The van der Waals surface area contributed by atoms with Gasteiger partial charge in [0.15, 0.2) is 0 Å². The maximum atomic E-state index is 5.59. The van der Waals surface area contributed by atoms with Gasteiger partial charge in [-0.25, -0.2) is 0 Å². The van der Waals surface area contributed by atoms with Gasteiger partial charge in [0, 0.05) is 18.5 Å². The zero-order chi connectivity index (χ0) is 9.47. The lowest BCUT2D eigenvalue weighted by molar-refractivity contribution is 0.318. The van der Waals surface area contributed by atoms with E-state index in [-0.39, 0.29) is 5.41 Å². The second-order valence-corrected chi connectivity index (χ2v) is 4.55. The highest BCUT2D eigenvalue weighted by Gasteiger charge is 2.27. The van der Waals surface area contributed by atoms with E-state index in [4.69, 9.17) is 4.42 Å². The number of aromatic nitrogens is 2. The topological polar surface area (TPSA) is 51.0 Å². The Labute approximate surface area is 77.7 Å². The van der Waals surface area contributed by atoms with Crippen molar-refractivity contribution in [3.05, 3.63) is 11.8 Å². The van der Waals surface area contributed by atoms with Gasteiger partial charge in [0.05, 0.1) is 5.92 Å². The van der Waals surface area contributed by atoms with Crippen LogP contribution in [0, 0.1) is 0 Å². The highest BCUT2D eigenvalue weighted by Crippen LogP contribution is 2.24. The Morgan fingerprint density at radius 2 is 2.00 bits per heavy atom. The Hall–Kier alpha value is -0.900. The molecule has 1 aromatic rings. The van der Waals surface area contributed by atoms with Crippen LogP contribution in [0.25, 0.3) is 0 Å². The second-order valence-electron chi connectivity index (χ2n) is 4.55. The maximum absolute atomic E-state index is 5.59. The van der Waals surface area contributed by atoms with E-state index < -0.39 is 0 Å². The molecule has 1 aliphatic heterocycles. The van der Waals surface area contributed by atoms with Gasteiger partial charge in [0.25, 0.3) is 0 Å². The van der Waals surface area contributed by atoms with Crippen LogP contribution < -0.4 is 5.32 Å². The predicted molar refractivity (Wildman–Crippen MR) is 48.6 cm³/mol. The Bertz CT molecular complexity index is 296. The lowest BCUT2D eigenvalue weighted by Crippen LogP contribution is -2.40. The third-order valence-electron chi connectivity index (χ3n) is 2.21. The van der Waals surface area contributed by atoms with Crippen molar-refractivity contribution >= 4 is 0 Å². The summed E-state index contributed by atoms with van der Waals surface area (Å²) in [6.07, 6.45) is 0. The van der Waals surface area contributed by atoms with Crippen molar-refractivity contribution in [3.63, 3.8) is 0 Å². The van der Waals surface area contributed by atoms with E-state index in [1.54, 1.807) is 0 Å². The predicted octanol–water partition coefficient (Wildman–Crippen LogP) is 1.05. The molecule has 4 nitrogen and oxygen atoms in total. The van der Waals surface area contributed by atoms with Gasteiger partial charge in [0.1, 0.15) is 0 Å². The fraction of sp³-hybridized carbons (Fsp3) is 0.778. The zero-order valence-corrected chi connectivity index (χ0v) is 8.29. The van der Waals surface area contributed by atoms with Crippen LogP contribution in [0.4, 0.5) is 0 Å². The van der Waals surface area contributed by atoms with E-state index in [1.165, 1.54) is 0 Å². The van der Waals surface area contributed by atoms with Crippen LogP contribution in [0.5, 0.6) is 0 Å². The summed E-state index contributed by atoms with van der Waals surface area (Å²) in [5.41, 5.74) is -0.0393. The summed E-state index contributed by atoms with van der Waals surface area (Å²) in [6, 6.07) is 0. The molecule has 1 aromatic heterocycles.